The van der Waals surface area contributed by atoms with Crippen molar-refractivity contribution in [3.63, 3.8) is 0 Å². The first-order chi connectivity index (χ1) is 15.7. The number of fused-ring (bicyclic) bond motifs is 1. The van der Waals surface area contributed by atoms with Crippen LogP contribution in [0, 0.1) is 0 Å². The zero-order valence-corrected chi connectivity index (χ0v) is 18.5. The van der Waals surface area contributed by atoms with Crippen LogP contribution in [-0.2, 0) is 6.54 Å². The molecule has 0 radical (unpaired) electrons. The number of quaternary nitrogens is 1. The molecule has 3 aromatic rings. The van der Waals surface area contributed by atoms with Gasteiger partial charge in [0.05, 0.1) is 39.8 Å². The highest BCUT2D eigenvalue weighted by Gasteiger charge is 2.31. The van der Waals surface area contributed by atoms with Crippen LogP contribution in [0.3, 0.4) is 0 Å². The van der Waals surface area contributed by atoms with Gasteiger partial charge in [-0.25, -0.2) is 4.68 Å². The van der Waals surface area contributed by atoms with E-state index in [1.807, 2.05) is 35.0 Å². The molecular formula is C23H29N6O3+. The topological polar surface area (TPSA) is 79.0 Å². The molecule has 1 N–H and O–H groups in total. The van der Waals surface area contributed by atoms with Gasteiger partial charge < -0.3 is 24.0 Å². The van der Waals surface area contributed by atoms with E-state index in [2.05, 4.69) is 39.5 Å². The Morgan fingerprint density at radius 1 is 1.06 bits per heavy atom. The van der Waals surface area contributed by atoms with Crippen molar-refractivity contribution in [3.8, 4) is 17.2 Å². The third-order valence-corrected chi connectivity index (χ3v) is 6.38. The summed E-state index contributed by atoms with van der Waals surface area (Å²) in [7, 11) is 1.70. The maximum absolute atomic E-state index is 5.51. The average Bonchev–Trinajstić information content (AvgIpc) is 3.50. The van der Waals surface area contributed by atoms with Gasteiger partial charge in [-0.15, -0.1) is 5.10 Å². The fourth-order valence-electron chi connectivity index (χ4n) is 4.63. The molecule has 0 unspecified atom stereocenters. The van der Waals surface area contributed by atoms with Crippen LogP contribution in [0.15, 0.2) is 42.5 Å². The van der Waals surface area contributed by atoms with Gasteiger partial charge in [-0.2, -0.15) is 0 Å². The van der Waals surface area contributed by atoms with Gasteiger partial charge in [0, 0.05) is 12.1 Å². The molecule has 5 rings (SSSR count). The summed E-state index contributed by atoms with van der Waals surface area (Å²) >= 11 is 0. The molecule has 0 saturated carbocycles. The van der Waals surface area contributed by atoms with E-state index in [0.29, 0.717) is 6.54 Å². The molecule has 9 nitrogen and oxygen atoms in total. The fourth-order valence-corrected chi connectivity index (χ4v) is 4.63. The maximum atomic E-state index is 5.51. The van der Waals surface area contributed by atoms with Crippen molar-refractivity contribution >= 4 is 5.69 Å². The van der Waals surface area contributed by atoms with E-state index >= 15 is 0 Å². The molecule has 0 bridgehead atoms. The number of tetrazole rings is 1. The van der Waals surface area contributed by atoms with E-state index in [-0.39, 0.29) is 12.8 Å². The van der Waals surface area contributed by atoms with E-state index in [0.717, 1.165) is 61.2 Å². The Morgan fingerprint density at radius 2 is 1.84 bits per heavy atom. The van der Waals surface area contributed by atoms with Crippen LogP contribution in [0.25, 0.3) is 0 Å². The summed E-state index contributed by atoms with van der Waals surface area (Å²) in [6, 6.07) is 14.6. The van der Waals surface area contributed by atoms with Gasteiger partial charge in [0.1, 0.15) is 11.8 Å². The molecule has 9 heteroatoms. The van der Waals surface area contributed by atoms with Crippen molar-refractivity contribution in [2.45, 2.75) is 25.9 Å². The molecular weight excluding hydrogens is 408 g/mol. The van der Waals surface area contributed by atoms with Gasteiger partial charge in [-0.1, -0.05) is 13.0 Å². The molecule has 32 heavy (non-hydrogen) atoms. The standard InChI is InChI=1S/C23H28N6O3/c1-3-20(28-12-10-27(11-13-28)18-5-7-19(30-2)8-6-18)23-24-25-26-29(23)15-17-4-9-21-22(14-17)32-16-31-21/h4-9,14,20H,3,10-13,15-16H2,1-2H3/p+1/t20-/m0/s1. The van der Waals surface area contributed by atoms with Crippen molar-refractivity contribution in [1.29, 1.82) is 0 Å². The molecule has 1 fully saturated rings. The number of aromatic nitrogens is 4. The van der Waals surface area contributed by atoms with Crippen molar-refractivity contribution < 1.29 is 19.1 Å². The Hall–Kier alpha value is -3.33. The number of rotatable bonds is 7. The average molecular weight is 438 g/mol. The van der Waals surface area contributed by atoms with Crippen LogP contribution in [0.1, 0.15) is 30.8 Å². The minimum absolute atomic E-state index is 0.261. The van der Waals surface area contributed by atoms with Crippen LogP contribution in [0.2, 0.25) is 0 Å². The number of nitrogens with one attached hydrogen (secondary N) is 1. The molecule has 0 amide bonds. The predicted molar refractivity (Wildman–Crippen MR) is 118 cm³/mol. The number of hydrogen-bond acceptors (Lipinski definition) is 7. The molecule has 1 atom stereocenters. The number of ether oxygens (including phenoxy) is 3. The monoisotopic (exact) mass is 437 g/mol. The third-order valence-electron chi connectivity index (χ3n) is 6.38. The Labute approximate surface area is 187 Å². The van der Waals surface area contributed by atoms with Crippen molar-refractivity contribution in [1.82, 2.24) is 20.2 Å². The van der Waals surface area contributed by atoms with Crippen LogP contribution < -0.4 is 24.0 Å². The first-order valence-electron chi connectivity index (χ1n) is 11.1. The van der Waals surface area contributed by atoms with Crippen LogP contribution in [-0.4, -0.2) is 60.3 Å². The Morgan fingerprint density at radius 3 is 2.59 bits per heavy atom. The highest BCUT2D eigenvalue weighted by molar-refractivity contribution is 5.49. The lowest BCUT2D eigenvalue weighted by Gasteiger charge is -2.36. The van der Waals surface area contributed by atoms with Gasteiger partial charge in [0.25, 0.3) is 0 Å². The normalized spacial score (nSPS) is 16.9. The zero-order valence-electron chi connectivity index (χ0n) is 18.5. The Balaban J connectivity index is 1.26. The molecule has 168 valence electrons. The van der Waals surface area contributed by atoms with Gasteiger partial charge in [-0.05, 0) is 52.4 Å². The highest BCUT2D eigenvalue weighted by Crippen LogP contribution is 2.32. The molecule has 2 aromatic carbocycles. The second kappa shape index (κ2) is 9.04. The van der Waals surface area contributed by atoms with Crippen LogP contribution in [0.5, 0.6) is 17.2 Å². The first-order valence-corrected chi connectivity index (χ1v) is 11.1. The summed E-state index contributed by atoms with van der Waals surface area (Å²) in [6.07, 6.45) is 0.985. The van der Waals surface area contributed by atoms with E-state index < -0.39 is 0 Å². The molecule has 1 saturated heterocycles. The lowest BCUT2D eigenvalue weighted by molar-refractivity contribution is -0.933. The number of anilines is 1. The Kier molecular flexibility index (Phi) is 5.81. The smallest absolute Gasteiger partial charge is 0.231 e. The summed E-state index contributed by atoms with van der Waals surface area (Å²) in [5.74, 6) is 3.40. The van der Waals surface area contributed by atoms with Crippen molar-refractivity contribution in [3.05, 3.63) is 53.9 Å². The Bertz CT molecular complexity index is 1050. The van der Waals surface area contributed by atoms with Crippen LogP contribution >= 0.6 is 0 Å². The van der Waals surface area contributed by atoms with E-state index in [4.69, 9.17) is 14.2 Å². The number of hydrogen-bond donors (Lipinski definition) is 1. The minimum atomic E-state index is 0.261. The summed E-state index contributed by atoms with van der Waals surface area (Å²) in [5.41, 5.74) is 2.34. The summed E-state index contributed by atoms with van der Waals surface area (Å²) in [4.78, 5) is 3.96. The highest BCUT2D eigenvalue weighted by atomic mass is 16.7. The summed E-state index contributed by atoms with van der Waals surface area (Å²) in [5, 5.41) is 12.7. The number of nitrogens with zero attached hydrogens (tertiary/aromatic N) is 5. The molecule has 2 aliphatic rings. The van der Waals surface area contributed by atoms with Gasteiger partial charge in [0.15, 0.2) is 11.5 Å². The number of benzene rings is 2. The molecule has 2 aliphatic heterocycles. The molecule has 3 heterocycles. The van der Waals surface area contributed by atoms with Crippen LogP contribution in [0.4, 0.5) is 5.69 Å². The van der Waals surface area contributed by atoms with Gasteiger partial charge in [-0.3, -0.25) is 0 Å². The minimum Gasteiger partial charge on any atom is -0.497 e. The zero-order chi connectivity index (χ0) is 21.9. The number of piperazine rings is 1. The lowest BCUT2D eigenvalue weighted by Crippen LogP contribution is -3.15. The lowest BCUT2D eigenvalue weighted by atomic mass is 10.1. The third kappa shape index (κ3) is 4.08. The predicted octanol–water partition coefficient (Wildman–Crippen LogP) is 1.31. The van der Waals surface area contributed by atoms with Crippen molar-refractivity contribution in [2.75, 3.05) is 45.0 Å². The second-order valence-corrected chi connectivity index (χ2v) is 8.19. The summed E-state index contributed by atoms with van der Waals surface area (Å²) in [6.45, 7) is 7.19. The van der Waals surface area contributed by atoms with Gasteiger partial charge in [0.2, 0.25) is 12.6 Å². The molecule has 0 aliphatic carbocycles. The summed E-state index contributed by atoms with van der Waals surface area (Å²) < 4.78 is 18.1. The first kappa shape index (κ1) is 20.6. The van der Waals surface area contributed by atoms with Crippen molar-refractivity contribution in [2.24, 2.45) is 0 Å². The fraction of sp³-hybridized carbons (Fsp3) is 0.435. The second-order valence-electron chi connectivity index (χ2n) is 8.19. The maximum Gasteiger partial charge on any atom is 0.231 e. The largest absolute Gasteiger partial charge is 0.497 e. The molecule has 0 spiro atoms. The van der Waals surface area contributed by atoms with Gasteiger partial charge >= 0.3 is 0 Å². The molecule has 1 aromatic heterocycles. The van der Waals surface area contributed by atoms with E-state index in [1.165, 1.54) is 10.6 Å². The van der Waals surface area contributed by atoms with E-state index in [1.54, 1.807) is 7.11 Å². The number of methoxy groups -OCH3 is 1. The SMILES string of the molecule is CC[C@@H](c1nnnn1Cc1ccc2c(c1)OCO2)[NH+]1CCN(c2ccc(OC)cc2)CC1. The van der Waals surface area contributed by atoms with E-state index in [9.17, 15) is 0 Å². The quantitative estimate of drug-likeness (QED) is 0.597.